The van der Waals surface area contributed by atoms with E-state index in [0.717, 1.165) is 50.2 Å². The van der Waals surface area contributed by atoms with Gasteiger partial charge in [-0.05, 0) is 38.2 Å². The van der Waals surface area contributed by atoms with Gasteiger partial charge in [0.2, 0.25) is 5.91 Å². The third kappa shape index (κ3) is 4.21. The molecule has 1 aromatic carbocycles. The van der Waals surface area contributed by atoms with Gasteiger partial charge in [0.1, 0.15) is 5.82 Å². The number of rotatable bonds is 7. The van der Waals surface area contributed by atoms with Gasteiger partial charge in [0.25, 0.3) is 0 Å². The second-order valence-corrected chi connectivity index (χ2v) is 7.64. The molecule has 0 N–H and O–H groups in total. The molecule has 1 aliphatic heterocycles. The highest BCUT2D eigenvalue weighted by molar-refractivity contribution is 5.78. The van der Waals surface area contributed by atoms with Crippen molar-refractivity contribution in [1.82, 2.24) is 19.2 Å². The fraction of sp³-hybridized carbons (Fsp3) is 0.591. The van der Waals surface area contributed by atoms with Crippen molar-refractivity contribution in [2.24, 2.45) is 5.92 Å². The van der Waals surface area contributed by atoms with Crippen molar-refractivity contribution in [2.45, 2.75) is 65.5 Å². The minimum atomic E-state index is -0.0445. The molecule has 0 saturated carbocycles. The first-order valence-corrected chi connectivity index (χ1v) is 10.6. The summed E-state index contributed by atoms with van der Waals surface area (Å²) in [5, 5.41) is 4.70. The van der Waals surface area contributed by atoms with Crippen LogP contribution in [0.5, 0.6) is 0 Å². The quantitative estimate of drug-likeness (QED) is 0.736. The number of benzene rings is 1. The lowest BCUT2D eigenvalue weighted by molar-refractivity contribution is -0.136. The van der Waals surface area contributed by atoms with Crippen LogP contribution in [-0.2, 0) is 17.9 Å². The largest absolute Gasteiger partial charge is 0.346 e. The van der Waals surface area contributed by atoms with Gasteiger partial charge in [-0.25, -0.2) is 9.48 Å². The van der Waals surface area contributed by atoms with Gasteiger partial charge >= 0.3 is 5.69 Å². The second kappa shape index (κ2) is 9.22. The lowest BCUT2D eigenvalue weighted by atomic mass is 9.93. The summed E-state index contributed by atoms with van der Waals surface area (Å²) in [5.41, 5.74) is 1.03. The Morgan fingerprint density at radius 2 is 1.75 bits per heavy atom. The summed E-state index contributed by atoms with van der Waals surface area (Å²) in [7, 11) is 0. The van der Waals surface area contributed by atoms with E-state index in [-0.39, 0.29) is 23.4 Å². The Kier molecular flexibility index (Phi) is 6.70. The number of hydrogen-bond acceptors (Lipinski definition) is 3. The molecule has 6 heteroatoms. The fourth-order valence-corrected chi connectivity index (χ4v) is 4.17. The summed E-state index contributed by atoms with van der Waals surface area (Å²) < 4.78 is 3.38. The van der Waals surface area contributed by atoms with Gasteiger partial charge in [-0.1, -0.05) is 44.2 Å². The van der Waals surface area contributed by atoms with Gasteiger partial charge in [-0.2, -0.15) is 5.10 Å². The predicted molar refractivity (Wildman–Crippen MR) is 110 cm³/mol. The molecular weight excluding hydrogens is 352 g/mol. The van der Waals surface area contributed by atoms with E-state index in [1.807, 2.05) is 42.2 Å². The van der Waals surface area contributed by atoms with Gasteiger partial charge < -0.3 is 4.90 Å². The van der Waals surface area contributed by atoms with Crippen LogP contribution in [0, 0.1) is 5.92 Å². The van der Waals surface area contributed by atoms with Gasteiger partial charge in [-0.15, -0.1) is 0 Å². The first-order valence-electron chi connectivity index (χ1n) is 10.6. The highest BCUT2D eigenvalue weighted by Gasteiger charge is 2.30. The highest BCUT2D eigenvalue weighted by atomic mass is 16.2. The number of likely N-dealkylation sites (tertiary alicyclic amines) is 1. The summed E-state index contributed by atoms with van der Waals surface area (Å²) in [6.45, 7) is 8.77. The van der Waals surface area contributed by atoms with Crippen LogP contribution in [0.1, 0.15) is 63.8 Å². The van der Waals surface area contributed by atoms with Gasteiger partial charge in [0.05, 0.1) is 6.54 Å². The zero-order valence-electron chi connectivity index (χ0n) is 17.3. The average molecular weight is 385 g/mol. The van der Waals surface area contributed by atoms with E-state index in [4.69, 9.17) is 5.10 Å². The second-order valence-electron chi connectivity index (χ2n) is 7.64. The van der Waals surface area contributed by atoms with Crippen LogP contribution in [0.4, 0.5) is 0 Å². The van der Waals surface area contributed by atoms with E-state index < -0.39 is 0 Å². The van der Waals surface area contributed by atoms with Crippen molar-refractivity contribution in [3.8, 4) is 0 Å². The zero-order valence-corrected chi connectivity index (χ0v) is 17.3. The Bertz CT molecular complexity index is 828. The van der Waals surface area contributed by atoms with Crippen molar-refractivity contribution in [2.75, 3.05) is 13.1 Å². The van der Waals surface area contributed by atoms with E-state index in [0.29, 0.717) is 13.1 Å². The lowest BCUT2D eigenvalue weighted by Gasteiger charge is -2.33. The molecule has 0 atom stereocenters. The molecule has 3 rings (SSSR count). The Morgan fingerprint density at radius 3 is 2.32 bits per heavy atom. The minimum absolute atomic E-state index is 0.0445. The SMILES string of the molecule is CCC(CC)C(=O)N1CCC(c2nn(Cc3ccccc3)c(=O)n2CC)CC1. The maximum Gasteiger partial charge on any atom is 0.346 e. The Morgan fingerprint density at radius 1 is 1.11 bits per heavy atom. The van der Waals surface area contributed by atoms with Crippen molar-refractivity contribution < 1.29 is 4.79 Å². The van der Waals surface area contributed by atoms with Gasteiger partial charge in [-0.3, -0.25) is 9.36 Å². The molecule has 1 amide bonds. The molecule has 1 fully saturated rings. The van der Waals surface area contributed by atoms with E-state index >= 15 is 0 Å². The van der Waals surface area contributed by atoms with Crippen LogP contribution in [0.3, 0.4) is 0 Å². The van der Waals surface area contributed by atoms with E-state index in [9.17, 15) is 9.59 Å². The van der Waals surface area contributed by atoms with Crippen LogP contribution in [0.15, 0.2) is 35.1 Å². The van der Waals surface area contributed by atoms with Crippen LogP contribution in [0.25, 0.3) is 0 Å². The van der Waals surface area contributed by atoms with Crippen molar-refractivity contribution in [3.05, 3.63) is 52.2 Å². The fourth-order valence-electron chi connectivity index (χ4n) is 4.17. The number of amides is 1. The van der Waals surface area contributed by atoms with Crippen LogP contribution in [0.2, 0.25) is 0 Å². The molecule has 152 valence electrons. The average Bonchev–Trinajstić information content (AvgIpc) is 3.05. The van der Waals surface area contributed by atoms with E-state index in [2.05, 4.69) is 13.8 Å². The van der Waals surface area contributed by atoms with Gasteiger partial charge in [0.15, 0.2) is 0 Å². The first kappa shape index (κ1) is 20.4. The minimum Gasteiger partial charge on any atom is -0.342 e. The smallest absolute Gasteiger partial charge is 0.342 e. The van der Waals surface area contributed by atoms with E-state index in [1.165, 1.54) is 0 Å². The summed E-state index contributed by atoms with van der Waals surface area (Å²) in [6.07, 6.45) is 3.53. The van der Waals surface area contributed by atoms with Crippen molar-refractivity contribution in [1.29, 1.82) is 0 Å². The Balaban J connectivity index is 1.73. The molecule has 0 radical (unpaired) electrons. The molecule has 0 spiro atoms. The molecule has 6 nitrogen and oxygen atoms in total. The number of hydrogen-bond donors (Lipinski definition) is 0. The molecule has 1 aromatic heterocycles. The number of carbonyl (C=O) groups is 1. The van der Waals surface area contributed by atoms with Crippen molar-refractivity contribution >= 4 is 5.91 Å². The van der Waals surface area contributed by atoms with Crippen LogP contribution in [-0.4, -0.2) is 38.2 Å². The van der Waals surface area contributed by atoms with Crippen LogP contribution < -0.4 is 5.69 Å². The molecule has 0 bridgehead atoms. The predicted octanol–water partition coefficient (Wildman–Crippen LogP) is 3.26. The third-order valence-corrected chi connectivity index (χ3v) is 5.95. The number of carbonyl (C=O) groups excluding carboxylic acids is 1. The molecule has 2 aromatic rings. The molecule has 1 aliphatic rings. The monoisotopic (exact) mass is 384 g/mol. The maximum atomic E-state index is 12.8. The third-order valence-electron chi connectivity index (χ3n) is 5.95. The molecule has 2 heterocycles. The molecule has 0 aliphatic carbocycles. The molecule has 1 saturated heterocycles. The number of aromatic nitrogens is 3. The highest BCUT2D eigenvalue weighted by Crippen LogP contribution is 2.27. The normalized spacial score (nSPS) is 15.4. The number of nitrogens with zero attached hydrogens (tertiary/aromatic N) is 4. The Labute approximate surface area is 167 Å². The summed E-state index contributed by atoms with van der Waals surface area (Å²) >= 11 is 0. The summed E-state index contributed by atoms with van der Waals surface area (Å²) in [5.74, 6) is 1.52. The van der Waals surface area contributed by atoms with Crippen molar-refractivity contribution in [3.63, 3.8) is 0 Å². The summed E-state index contributed by atoms with van der Waals surface area (Å²) in [4.78, 5) is 27.4. The maximum absolute atomic E-state index is 12.8. The first-order chi connectivity index (χ1) is 13.6. The summed E-state index contributed by atoms with van der Waals surface area (Å²) in [6, 6.07) is 9.95. The molecule has 0 unspecified atom stereocenters. The van der Waals surface area contributed by atoms with Gasteiger partial charge in [0, 0.05) is 31.5 Å². The topological polar surface area (TPSA) is 60.1 Å². The standard InChI is InChI=1S/C22H32N4O2/c1-4-18(5-2)21(27)24-14-12-19(13-15-24)20-23-26(22(28)25(20)6-3)16-17-10-8-7-9-11-17/h7-11,18-19H,4-6,12-16H2,1-3H3. The number of piperidine rings is 1. The Hall–Kier alpha value is -2.37. The lowest BCUT2D eigenvalue weighted by Crippen LogP contribution is -2.41. The van der Waals surface area contributed by atoms with E-state index in [1.54, 1.807) is 9.25 Å². The molecule has 28 heavy (non-hydrogen) atoms. The van der Waals surface area contributed by atoms with Crippen LogP contribution >= 0.6 is 0 Å². The zero-order chi connectivity index (χ0) is 20.1. The molecular formula is C22H32N4O2.